The first-order valence-electron chi connectivity index (χ1n) is 29.1. The predicted molar refractivity (Wildman–Crippen MR) is 313 cm³/mol. The fourth-order valence-electron chi connectivity index (χ4n) is 8.94. The van der Waals surface area contributed by atoms with Gasteiger partial charge in [0.1, 0.15) is 0 Å². The van der Waals surface area contributed by atoms with Crippen LogP contribution in [0.4, 0.5) is 0 Å². The van der Waals surface area contributed by atoms with Crippen molar-refractivity contribution in [2.45, 2.75) is 19.3 Å². The smallest absolute Gasteiger partial charge is 0.0594 e. The fraction of sp³-hybridized carbons (Fsp3) is 1.00. The van der Waals surface area contributed by atoms with Gasteiger partial charge in [-0.3, -0.25) is 19.6 Å². The number of nitrogens with one attached hydrogen (secondary N) is 6. The second-order valence-corrected chi connectivity index (χ2v) is 20.7. The molecule has 7 saturated heterocycles. The van der Waals surface area contributed by atoms with E-state index in [4.69, 9.17) is 21.9 Å². The molecule has 0 saturated carbocycles. The highest BCUT2D eigenvalue weighted by Gasteiger charge is 2.16. The molecule has 21 heteroatoms. The summed E-state index contributed by atoms with van der Waals surface area (Å²) in [5, 5.41) is 19.3. The standard InChI is InChI=1S/C11H26N4.C8H19N3.2C7H17N3.C7H16N2O.C6H15N3.C6H14N2/c1-13-5-3-7-15-10-8-14(9-11-15)6-2-4-12;1-9-3-2-6-11-7-4-10-5-8-11;1-8-2-5-10-6-3-9-4-7-10;1-9-4-6-10(3-2-8)7-5-9;1-8-2-3-9-4-6-10-7-5-9;1-8-2-4-9(6-7)5-3-8;1-7-3-5-8(2)6-4-7/h13H,2-12H2,1H3;9-10H,2-8H2,1H3;8-9H,2-7H2,1H3;2-8H2,1H3;8H,2-7H2,1H3;2-7H2,1H3;3-6H2,1-2H3. The van der Waals surface area contributed by atoms with Crippen LogP contribution in [0.1, 0.15) is 19.3 Å². The van der Waals surface area contributed by atoms with E-state index in [1.807, 2.05) is 28.2 Å². The van der Waals surface area contributed by atoms with Crippen LogP contribution in [0.5, 0.6) is 0 Å². The van der Waals surface area contributed by atoms with Crippen LogP contribution in [-0.2, 0) is 4.74 Å². The summed E-state index contributed by atoms with van der Waals surface area (Å²) in [7, 11) is 16.7. The molecule has 0 amide bonds. The van der Waals surface area contributed by atoms with Crippen molar-refractivity contribution in [1.29, 1.82) is 0 Å². The van der Waals surface area contributed by atoms with Crippen molar-refractivity contribution in [1.82, 2.24) is 85.8 Å². The van der Waals surface area contributed by atoms with Crippen molar-refractivity contribution >= 4 is 0 Å². The normalized spacial score (nSPS) is 22.1. The first-order chi connectivity index (χ1) is 35.6. The molecule has 0 radical (unpaired) electrons. The maximum absolute atomic E-state index is 5.51. The number of hydrogen-bond acceptors (Lipinski definition) is 21. The Morgan fingerprint density at radius 1 is 0.329 bits per heavy atom. The number of nitrogens with two attached hydrogens (primary N) is 3. The fourth-order valence-corrected chi connectivity index (χ4v) is 8.94. The number of likely N-dealkylation sites (N-methyl/N-ethyl adjacent to an activating group) is 6. The van der Waals surface area contributed by atoms with E-state index in [9.17, 15) is 0 Å². The Morgan fingerprint density at radius 2 is 0.630 bits per heavy atom. The topological polar surface area (TPSA) is 195 Å². The van der Waals surface area contributed by atoms with E-state index in [0.717, 1.165) is 124 Å². The number of piperazine rings is 6. The molecule has 21 nitrogen and oxygen atoms in total. The molecule has 73 heavy (non-hydrogen) atoms. The van der Waals surface area contributed by atoms with Crippen molar-refractivity contribution in [2.75, 3.05) is 325 Å². The van der Waals surface area contributed by atoms with E-state index in [1.165, 1.54) is 157 Å². The lowest BCUT2D eigenvalue weighted by Gasteiger charge is -2.34. The lowest BCUT2D eigenvalue weighted by atomic mass is 10.2. The number of ether oxygens (including phenoxy) is 1. The summed E-state index contributed by atoms with van der Waals surface area (Å²) < 4.78 is 5.22. The first kappa shape index (κ1) is 70.2. The summed E-state index contributed by atoms with van der Waals surface area (Å²) >= 11 is 0. The zero-order valence-electron chi connectivity index (χ0n) is 49.2. The van der Waals surface area contributed by atoms with Gasteiger partial charge in [0.2, 0.25) is 0 Å². The van der Waals surface area contributed by atoms with Crippen LogP contribution in [0, 0.1) is 0 Å². The number of hydrogen-bond donors (Lipinski definition) is 9. The Kier molecular flexibility index (Phi) is 48.7. The molecule has 0 aromatic heterocycles. The van der Waals surface area contributed by atoms with Gasteiger partial charge in [0.15, 0.2) is 0 Å². The maximum Gasteiger partial charge on any atom is 0.0594 e. The van der Waals surface area contributed by atoms with Crippen molar-refractivity contribution in [3.63, 3.8) is 0 Å². The largest absolute Gasteiger partial charge is 0.379 e. The van der Waals surface area contributed by atoms with Gasteiger partial charge in [-0.05, 0) is 115 Å². The van der Waals surface area contributed by atoms with Gasteiger partial charge in [-0.15, -0.1) is 0 Å². The maximum atomic E-state index is 5.51. The number of nitrogens with zero attached hydrogens (tertiary/aromatic N) is 11. The third kappa shape index (κ3) is 41.9. The van der Waals surface area contributed by atoms with Crippen molar-refractivity contribution < 1.29 is 4.74 Å². The summed E-state index contributed by atoms with van der Waals surface area (Å²) in [5.41, 5.74) is 16.4. The van der Waals surface area contributed by atoms with E-state index >= 15 is 0 Å². The molecule has 438 valence electrons. The molecule has 7 aliphatic rings. The second kappa shape index (κ2) is 50.7. The van der Waals surface area contributed by atoms with Crippen LogP contribution in [0.25, 0.3) is 0 Å². The van der Waals surface area contributed by atoms with Gasteiger partial charge < -0.3 is 88.1 Å². The van der Waals surface area contributed by atoms with E-state index in [2.05, 4.69) is 114 Å². The van der Waals surface area contributed by atoms with E-state index in [0.29, 0.717) is 6.67 Å². The summed E-state index contributed by atoms with van der Waals surface area (Å²) in [4.78, 5) is 26.6. The third-order valence-corrected chi connectivity index (χ3v) is 14.4. The minimum absolute atomic E-state index is 0.716. The van der Waals surface area contributed by atoms with Crippen LogP contribution in [0.15, 0.2) is 0 Å². The molecule has 12 N–H and O–H groups in total. The van der Waals surface area contributed by atoms with Gasteiger partial charge in [0, 0.05) is 216 Å². The Morgan fingerprint density at radius 3 is 0.986 bits per heavy atom. The highest BCUT2D eigenvalue weighted by Crippen LogP contribution is 2.03. The zero-order chi connectivity index (χ0) is 53.4. The van der Waals surface area contributed by atoms with Crippen molar-refractivity contribution in [3.05, 3.63) is 0 Å². The molecule has 7 heterocycles. The van der Waals surface area contributed by atoms with Gasteiger partial charge >= 0.3 is 0 Å². The quantitative estimate of drug-likeness (QED) is 0.0535. The Labute approximate surface area is 450 Å². The average molecular weight is 1050 g/mol. The van der Waals surface area contributed by atoms with Crippen LogP contribution in [-0.4, -0.2) is 379 Å². The molecule has 0 aliphatic carbocycles. The summed E-state index contributed by atoms with van der Waals surface area (Å²) in [6, 6.07) is 0. The van der Waals surface area contributed by atoms with Gasteiger partial charge in [-0.1, -0.05) is 0 Å². The second-order valence-electron chi connectivity index (χ2n) is 20.7. The first-order valence-corrected chi connectivity index (χ1v) is 29.1. The van der Waals surface area contributed by atoms with Crippen molar-refractivity contribution in [3.8, 4) is 0 Å². The molecular weight excluding hydrogens is 921 g/mol. The van der Waals surface area contributed by atoms with Crippen molar-refractivity contribution in [2.24, 2.45) is 17.2 Å². The molecule has 7 fully saturated rings. The SMILES string of the molecule is CN1CCN(C)CC1.CN1CCN(CCN)CC1.CN1CCN(CN)CC1.CNCCCN1CCN(CCCN)CC1.CNCCCN1CCNCC1.CNCCN1CCNCC1.CNCCN1CCOCC1. The molecule has 7 aliphatic heterocycles. The molecule has 7 rings (SSSR count). The lowest BCUT2D eigenvalue weighted by molar-refractivity contribution is 0.0386. The average Bonchev–Trinajstić information content (AvgIpc) is 3.43. The van der Waals surface area contributed by atoms with Gasteiger partial charge in [0.05, 0.1) is 13.2 Å². The number of rotatable bonds is 20. The predicted octanol–water partition coefficient (Wildman–Crippen LogP) is -4.08. The van der Waals surface area contributed by atoms with E-state index in [-0.39, 0.29) is 0 Å². The summed E-state index contributed by atoms with van der Waals surface area (Å²) in [5.74, 6) is 0. The van der Waals surface area contributed by atoms with Crippen LogP contribution in [0.2, 0.25) is 0 Å². The Hall–Kier alpha value is -0.840. The summed E-state index contributed by atoms with van der Waals surface area (Å²) in [6.07, 6.45) is 3.68. The molecule has 0 aromatic carbocycles. The van der Waals surface area contributed by atoms with Gasteiger partial charge in [0.25, 0.3) is 0 Å². The van der Waals surface area contributed by atoms with Gasteiger partial charge in [-0.25, -0.2) is 0 Å². The molecule has 0 spiro atoms. The minimum Gasteiger partial charge on any atom is -0.379 e. The van der Waals surface area contributed by atoms with Crippen LogP contribution < -0.4 is 49.1 Å². The monoisotopic (exact) mass is 1050 g/mol. The minimum atomic E-state index is 0.716. The van der Waals surface area contributed by atoms with Crippen LogP contribution >= 0.6 is 0 Å². The Bertz CT molecular complexity index is 1060. The summed E-state index contributed by atoms with van der Waals surface area (Å²) in [6.45, 7) is 46.6. The molecule has 0 unspecified atom stereocenters. The highest BCUT2D eigenvalue weighted by atomic mass is 16.5. The molecular formula is C52H124N20O. The third-order valence-electron chi connectivity index (χ3n) is 14.4. The van der Waals surface area contributed by atoms with E-state index < -0.39 is 0 Å². The highest BCUT2D eigenvalue weighted by molar-refractivity contribution is 4.73. The van der Waals surface area contributed by atoms with Crippen LogP contribution in [0.3, 0.4) is 0 Å². The molecule has 0 atom stereocenters. The number of morpholine rings is 1. The molecule has 0 bridgehead atoms. The van der Waals surface area contributed by atoms with Gasteiger partial charge in [-0.2, -0.15) is 0 Å². The molecule has 0 aromatic rings. The lowest BCUT2D eigenvalue weighted by Crippen LogP contribution is -2.47. The zero-order valence-corrected chi connectivity index (χ0v) is 49.2. The van der Waals surface area contributed by atoms with E-state index in [1.54, 1.807) is 0 Å². The Balaban J connectivity index is 0.000000429.